The summed E-state index contributed by atoms with van der Waals surface area (Å²) in [6, 6.07) is -1.68. The molecule has 126 valence electrons. The lowest BCUT2D eigenvalue weighted by Gasteiger charge is -2.07. The molecule has 0 aromatic heterocycles. The van der Waals surface area contributed by atoms with Gasteiger partial charge in [0.05, 0.1) is 6.61 Å². The Bertz CT molecular complexity index is 258. The van der Waals surface area contributed by atoms with Crippen LogP contribution in [0.3, 0.4) is 0 Å². The summed E-state index contributed by atoms with van der Waals surface area (Å²) in [5.74, 6) is -0.0475. The molecule has 0 saturated heterocycles. The summed E-state index contributed by atoms with van der Waals surface area (Å²) >= 11 is 17.4. The van der Waals surface area contributed by atoms with Crippen LogP contribution in [0.5, 0.6) is 0 Å². The van der Waals surface area contributed by atoms with Crippen molar-refractivity contribution in [3.8, 4) is 0 Å². The van der Waals surface area contributed by atoms with Crippen molar-refractivity contribution in [3.63, 3.8) is 0 Å². The van der Waals surface area contributed by atoms with Crippen molar-refractivity contribution >= 4 is 45.2 Å². The van der Waals surface area contributed by atoms with Crippen LogP contribution < -0.4 is 0 Å². The monoisotopic (exact) mass is 374 g/mol. The number of hydrogen-bond donors (Lipinski definition) is 0. The predicted octanol–water partition coefficient (Wildman–Crippen LogP) is 6.50. The van der Waals surface area contributed by atoms with E-state index < -0.39 is 6.00 Å². The normalized spacial score (nSPS) is 11.6. The second kappa shape index (κ2) is 14.2. The van der Waals surface area contributed by atoms with Crippen LogP contribution in [0.4, 0.5) is 0 Å². The Morgan fingerprint density at radius 3 is 2.10 bits per heavy atom. The molecular weight excluding hydrogens is 347 g/mol. The van der Waals surface area contributed by atoms with Gasteiger partial charge < -0.3 is 4.74 Å². The van der Waals surface area contributed by atoms with E-state index in [0.717, 1.165) is 51.0 Å². The van der Waals surface area contributed by atoms with Crippen molar-refractivity contribution in [3.05, 3.63) is 0 Å². The molecule has 0 bridgehead atoms. The van der Waals surface area contributed by atoms with Gasteiger partial charge in [-0.05, 0) is 18.9 Å². The van der Waals surface area contributed by atoms with Crippen LogP contribution in [-0.2, 0) is 9.53 Å². The van der Waals surface area contributed by atoms with Crippen molar-refractivity contribution in [1.29, 1.82) is 0 Å². The first kappa shape index (κ1) is 21.6. The molecule has 0 fully saturated rings. The Morgan fingerprint density at radius 2 is 1.43 bits per heavy atom. The molecule has 0 aliphatic carbocycles. The summed E-state index contributed by atoms with van der Waals surface area (Å²) in [7, 11) is 0. The van der Waals surface area contributed by atoms with Gasteiger partial charge in [-0.1, -0.05) is 58.3 Å². The molecular formula is C15H29Cl3O2Si. The molecule has 0 aliphatic rings. The molecule has 0 rings (SSSR count). The number of hydrogen-bond acceptors (Lipinski definition) is 2. The van der Waals surface area contributed by atoms with Crippen LogP contribution >= 0.6 is 33.2 Å². The molecule has 0 heterocycles. The van der Waals surface area contributed by atoms with Gasteiger partial charge >= 0.3 is 12.0 Å². The van der Waals surface area contributed by atoms with Crippen molar-refractivity contribution in [2.75, 3.05) is 6.61 Å². The smallest absolute Gasteiger partial charge is 0.341 e. The maximum atomic E-state index is 11.5. The Kier molecular flexibility index (Phi) is 14.5. The van der Waals surface area contributed by atoms with E-state index in [1.807, 2.05) is 0 Å². The number of carbonyl (C=O) groups is 1. The summed E-state index contributed by atoms with van der Waals surface area (Å²) in [5.41, 5.74) is 0. The van der Waals surface area contributed by atoms with E-state index in [1.165, 1.54) is 19.3 Å². The Hall–Kier alpha value is 0.557. The minimum Gasteiger partial charge on any atom is -0.466 e. The molecule has 0 spiro atoms. The largest absolute Gasteiger partial charge is 0.466 e. The fraction of sp³-hybridized carbons (Fsp3) is 0.933. The fourth-order valence-electron chi connectivity index (χ4n) is 2.09. The van der Waals surface area contributed by atoms with Gasteiger partial charge in [-0.25, -0.2) is 0 Å². The highest BCUT2D eigenvalue weighted by Gasteiger charge is 2.23. The number of carbonyl (C=O) groups excluding carboxylic acids is 1. The van der Waals surface area contributed by atoms with E-state index in [9.17, 15) is 4.79 Å². The number of unbranched alkanes of at least 4 members (excludes halogenated alkanes) is 8. The maximum Gasteiger partial charge on any atom is 0.341 e. The summed E-state index contributed by atoms with van der Waals surface area (Å²) < 4.78 is 5.21. The van der Waals surface area contributed by atoms with Crippen LogP contribution in [0.1, 0.15) is 77.6 Å². The zero-order chi connectivity index (χ0) is 16.0. The quantitative estimate of drug-likeness (QED) is 0.150. The molecule has 0 unspecified atom stereocenters. The summed E-state index contributed by atoms with van der Waals surface area (Å²) in [5, 5.41) is 0. The number of ether oxygens (including phenoxy) is 1. The highest BCUT2D eigenvalue weighted by atomic mass is 35.8. The van der Waals surface area contributed by atoms with Gasteiger partial charge in [0, 0.05) is 6.42 Å². The lowest BCUT2D eigenvalue weighted by atomic mass is 10.1. The van der Waals surface area contributed by atoms with Crippen LogP contribution in [0.15, 0.2) is 0 Å². The molecule has 0 aromatic rings. The number of esters is 1. The van der Waals surface area contributed by atoms with E-state index in [0.29, 0.717) is 13.0 Å². The van der Waals surface area contributed by atoms with Gasteiger partial charge in [0.25, 0.3) is 0 Å². The van der Waals surface area contributed by atoms with Gasteiger partial charge in [-0.2, -0.15) is 0 Å². The first-order valence-corrected chi connectivity index (χ1v) is 13.4. The first-order valence-electron chi connectivity index (χ1n) is 8.18. The Morgan fingerprint density at radius 1 is 0.857 bits per heavy atom. The lowest BCUT2D eigenvalue weighted by molar-refractivity contribution is -0.143. The third-order valence-corrected chi connectivity index (χ3v) is 5.97. The third-order valence-electron chi connectivity index (χ3n) is 3.35. The topological polar surface area (TPSA) is 26.3 Å². The van der Waals surface area contributed by atoms with Crippen molar-refractivity contribution < 1.29 is 9.53 Å². The minimum absolute atomic E-state index is 0.0475. The summed E-state index contributed by atoms with van der Waals surface area (Å²) in [4.78, 5) is 11.5. The SMILES string of the molecule is CCCCCCCC(=O)OCCCCCCC[Si](Cl)(Cl)Cl. The Balaban J connectivity index is 3.21. The van der Waals surface area contributed by atoms with Crippen molar-refractivity contribution in [2.24, 2.45) is 0 Å². The fourth-order valence-corrected chi connectivity index (χ4v) is 3.94. The van der Waals surface area contributed by atoms with Crippen molar-refractivity contribution in [1.82, 2.24) is 0 Å². The second-order valence-corrected chi connectivity index (χ2v) is 14.8. The molecule has 0 N–H and O–H groups in total. The first-order chi connectivity index (χ1) is 9.95. The second-order valence-electron chi connectivity index (χ2n) is 5.52. The van der Waals surface area contributed by atoms with Crippen molar-refractivity contribution in [2.45, 2.75) is 83.6 Å². The lowest BCUT2D eigenvalue weighted by Crippen LogP contribution is -2.07. The average Bonchev–Trinajstić information content (AvgIpc) is 2.40. The van der Waals surface area contributed by atoms with Crippen LogP contribution in [0, 0.1) is 0 Å². The third kappa shape index (κ3) is 18.5. The van der Waals surface area contributed by atoms with E-state index >= 15 is 0 Å². The van der Waals surface area contributed by atoms with Crippen LogP contribution in [-0.4, -0.2) is 18.6 Å². The standard InChI is InChI=1S/C15H29Cl3O2Si/c1-2-3-4-6-9-12-15(19)20-13-10-7-5-8-11-14-21(16,17)18/h2-14H2,1H3. The minimum atomic E-state index is -2.42. The highest BCUT2D eigenvalue weighted by molar-refractivity contribution is 7.64. The molecule has 0 atom stereocenters. The average molecular weight is 376 g/mol. The van der Waals surface area contributed by atoms with Gasteiger partial charge in [0.1, 0.15) is 0 Å². The van der Waals surface area contributed by atoms with E-state index in [2.05, 4.69) is 6.92 Å². The molecule has 2 nitrogen and oxygen atoms in total. The van der Waals surface area contributed by atoms with E-state index in [-0.39, 0.29) is 5.97 Å². The molecule has 0 saturated carbocycles. The van der Waals surface area contributed by atoms with Crippen LogP contribution in [0.25, 0.3) is 0 Å². The number of halogens is 3. The zero-order valence-corrected chi connectivity index (χ0v) is 16.4. The van der Waals surface area contributed by atoms with Gasteiger partial charge in [0.2, 0.25) is 0 Å². The predicted molar refractivity (Wildman–Crippen MR) is 95.5 cm³/mol. The maximum absolute atomic E-state index is 11.5. The van der Waals surface area contributed by atoms with E-state index in [4.69, 9.17) is 38.0 Å². The van der Waals surface area contributed by atoms with Gasteiger partial charge in [-0.3, -0.25) is 4.79 Å². The molecule has 21 heavy (non-hydrogen) atoms. The number of rotatable bonds is 14. The van der Waals surface area contributed by atoms with Gasteiger partial charge in [-0.15, -0.1) is 33.2 Å². The molecule has 0 amide bonds. The molecule has 0 aromatic carbocycles. The highest BCUT2D eigenvalue weighted by Crippen LogP contribution is 2.27. The molecule has 6 heteroatoms. The molecule has 0 aliphatic heterocycles. The van der Waals surface area contributed by atoms with Gasteiger partial charge in [0.15, 0.2) is 0 Å². The molecule has 0 radical (unpaired) electrons. The summed E-state index contributed by atoms with van der Waals surface area (Å²) in [6.07, 6.45) is 11.6. The van der Waals surface area contributed by atoms with E-state index in [1.54, 1.807) is 0 Å². The zero-order valence-electron chi connectivity index (χ0n) is 13.1. The Labute approximate surface area is 145 Å². The summed E-state index contributed by atoms with van der Waals surface area (Å²) in [6.45, 7) is 2.74. The van der Waals surface area contributed by atoms with Crippen LogP contribution in [0.2, 0.25) is 6.04 Å².